The minimum Gasteiger partial charge on any atom is -0.398 e. The van der Waals surface area contributed by atoms with Gasteiger partial charge in [0.15, 0.2) is 0 Å². The molecule has 0 aliphatic carbocycles. The summed E-state index contributed by atoms with van der Waals surface area (Å²) in [6, 6.07) is 3.08. The highest BCUT2D eigenvalue weighted by molar-refractivity contribution is 7.89. The smallest absolute Gasteiger partial charge is 0.398 e. The molecule has 1 aromatic rings. The molecule has 0 amide bonds. The Hall–Kier alpha value is -1.28. The molecule has 0 saturated carbocycles. The van der Waals surface area contributed by atoms with Gasteiger partial charge in [-0.2, -0.15) is 17.5 Å². The van der Waals surface area contributed by atoms with Crippen LogP contribution < -0.4 is 5.73 Å². The topological polar surface area (TPSA) is 63.4 Å². The molecule has 114 valence electrons. The lowest BCUT2D eigenvalue weighted by Gasteiger charge is -2.27. The quantitative estimate of drug-likeness (QED) is 0.869. The van der Waals surface area contributed by atoms with E-state index in [1.165, 1.54) is 32.0 Å². The number of halogens is 3. The zero-order valence-electron chi connectivity index (χ0n) is 11.4. The first-order valence-corrected chi connectivity index (χ1v) is 7.34. The van der Waals surface area contributed by atoms with Crippen molar-refractivity contribution in [3.8, 4) is 0 Å². The molecule has 20 heavy (non-hydrogen) atoms. The predicted octanol–water partition coefficient (Wildman–Crippen LogP) is 2.54. The summed E-state index contributed by atoms with van der Waals surface area (Å²) in [5.74, 6) is 0. The van der Waals surface area contributed by atoms with E-state index in [4.69, 9.17) is 5.73 Å². The Morgan fingerprint density at radius 3 is 2.25 bits per heavy atom. The van der Waals surface area contributed by atoms with Crippen LogP contribution in [0.25, 0.3) is 0 Å². The molecule has 4 nitrogen and oxygen atoms in total. The summed E-state index contributed by atoms with van der Waals surface area (Å²) in [5.41, 5.74) is 6.50. The van der Waals surface area contributed by atoms with E-state index in [2.05, 4.69) is 0 Å². The molecule has 0 unspecified atom stereocenters. The Labute approximate surface area is 116 Å². The molecule has 8 heteroatoms. The summed E-state index contributed by atoms with van der Waals surface area (Å²) in [5, 5.41) is 0. The number of hydrogen-bond donors (Lipinski definition) is 1. The van der Waals surface area contributed by atoms with Gasteiger partial charge in [0, 0.05) is 11.7 Å². The van der Waals surface area contributed by atoms with Crippen LogP contribution in [-0.2, 0) is 10.0 Å². The maximum absolute atomic E-state index is 12.5. The number of sulfonamides is 1. The molecule has 0 aromatic heterocycles. The molecule has 0 saturated heterocycles. The van der Waals surface area contributed by atoms with Crippen molar-refractivity contribution < 1.29 is 21.6 Å². The van der Waals surface area contributed by atoms with Crippen LogP contribution in [-0.4, -0.2) is 31.5 Å². The van der Waals surface area contributed by atoms with Crippen molar-refractivity contribution in [1.29, 1.82) is 0 Å². The number of rotatable bonds is 4. The average Bonchev–Trinajstić information content (AvgIpc) is 2.28. The van der Waals surface area contributed by atoms with Crippen LogP contribution in [0.5, 0.6) is 0 Å². The molecular formula is C12H17F3N2O2S. The van der Waals surface area contributed by atoms with E-state index in [0.29, 0.717) is 9.87 Å². The van der Waals surface area contributed by atoms with Gasteiger partial charge in [-0.05, 0) is 38.5 Å². The number of nitrogens with zero attached hydrogens (tertiary/aromatic N) is 1. The molecule has 0 bridgehead atoms. The van der Waals surface area contributed by atoms with Crippen LogP contribution in [0.2, 0.25) is 0 Å². The second kappa shape index (κ2) is 5.61. The molecule has 1 rings (SSSR count). The third-order valence-corrected chi connectivity index (χ3v) is 4.79. The third kappa shape index (κ3) is 3.86. The molecule has 0 radical (unpaired) electrons. The van der Waals surface area contributed by atoms with Gasteiger partial charge in [-0.3, -0.25) is 0 Å². The summed E-state index contributed by atoms with van der Waals surface area (Å²) in [4.78, 5) is -0.237. The van der Waals surface area contributed by atoms with E-state index in [1.54, 1.807) is 6.92 Å². The van der Waals surface area contributed by atoms with Gasteiger partial charge in [0.25, 0.3) is 0 Å². The van der Waals surface area contributed by atoms with Crippen molar-refractivity contribution in [3.63, 3.8) is 0 Å². The maximum atomic E-state index is 12.5. The number of alkyl halides is 3. The average molecular weight is 310 g/mol. The van der Waals surface area contributed by atoms with Gasteiger partial charge in [-0.1, -0.05) is 6.07 Å². The van der Waals surface area contributed by atoms with Crippen molar-refractivity contribution in [1.82, 2.24) is 4.31 Å². The second-order valence-corrected chi connectivity index (χ2v) is 6.67. The number of benzene rings is 1. The molecule has 0 aliphatic heterocycles. The largest absolute Gasteiger partial charge is 0.402 e. The highest BCUT2D eigenvalue weighted by Crippen LogP contribution is 2.26. The highest BCUT2D eigenvalue weighted by atomic mass is 32.2. The summed E-state index contributed by atoms with van der Waals surface area (Å²) < 4.78 is 62.6. The summed E-state index contributed by atoms with van der Waals surface area (Å²) in [6.07, 6.45) is -4.60. The number of hydrogen-bond acceptors (Lipinski definition) is 3. The van der Waals surface area contributed by atoms with Gasteiger partial charge in [0.1, 0.15) is 6.54 Å². The van der Waals surface area contributed by atoms with E-state index < -0.39 is 28.8 Å². The number of nitrogens with two attached hydrogens (primary N) is 1. The predicted molar refractivity (Wildman–Crippen MR) is 70.7 cm³/mol. The standard InChI is InChI=1S/C12H17F3N2O2S/c1-8(2)17(7-12(13,14)15)20(18,19)10-5-4-9(3)11(16)6-10/h4-6,8H,7,16H2,1-3H3. The van der Waals surface area contributed by atoms with Crippen LogP contribution in [0.4, 0.5) is 18.9 Å². The number of nitrogen functional groups attached to an aromatic ring is 1. The Kier molecular flexibility index (Phi) is 4.70. The van der Waals surface area contributed by atoms with Gasteiger partial charge >= 0.3 is 6.18 Å². The Morgan fingerprint density at radius 1 is 1.30 bits per heavy atom. The van der Waals surface area contributed by atoms with E-state index >= 15 is 0 Å². The van der Waals surface area contributed by atoms with Crippen LogP contribution in [0.1, 0.15) is 19.4 Å². The zero-order chi connectivity index (χ0) is 15.7. The van der Waals surface area contributed by atoms with Crippen LogP contribution in [0, 0.1) is 6.92 Å². The first-order chi connectivity index (χ1) is 8.95. The Balaban J connectivity index is 3.26. The summed E-state index contributed by atoms with van der Waals surface area (Å²) >= 11 is 0. The Bertz CT molecular complexity index is 583. The fourth-order valence-electron chi connectivity index (χ4n) is 1.64. The number of anilines is 1. The maximum Gasteiger partial charge on any atom is 0.402 e. The fraction of sp³-hybridized carbons (Fsp3) is 0.500. The highest BCUT2D eigenvalue weighted by Gasteiger charge is 2.38. The normalized spacial score (nSPS) is 13.2. The van der Waals surface area contributed by atoms with E-state index in [0.717, 1.165) is 0 Å². The minimum atomic E-state index is -4.60. The lowest BCUT2D eigenvalue weighted by atomic mass is 10.2. The molecule has 0 heterocycles. The molecule has 0 fully saturated rings. The van der Waals surface area contributed by atoms with Gasteiger partial charge in [0.05, 0.1) is 4.90 Å². The monoisotopic (exact) mass is 310 g/mol. The van der Waals surface area contributed by atoms with Gasteiger partial charge < -0.3 is 5.73 Å². The zero-order valence-corrected chi connectivity index (χ0v) is 12.2. The molecule has 0 spiro atoms. The lowest BCUT2D eigenvalue weighted by molar-refractivity contribution is -0.138. The first-order valence-electron chi connectivity index (χ1n) is 5.90. The first kappa shape index (κ1) is 16.8. The van der Waals surface area contributed by atoms with Crippen molar-refractivity contribution >= 4 is 15.7 Å². The molecule has 0 atom stereocenters. The van der Waals surface area contributed by atoms with Gasteiger partial charge in [-0.15, -0.1) is 0 Å². The van der Waals surface area contributed by atoms with Crippen molar-refractivity contribution in [2.24, 2.45) is 0 Å². The molecule has 0 aliphatic rings. The van der Waals surface area contributed by atoms with Crippen molar-refractivity contribution in [2.75, 3.05) is 12.3 Å². The lowest BCUT2D eigenvalue weighted by Crippen LogP contribution is -2.43. The van der Waals surface area contributed by atoms with Gasteiger partial charge in [-0.25, -0.2) is 8.42 Å². The molecule has 2 N–H and O–H groups in total. The van der Waals surface area contributed by atoms with Crippen molar-refractivity contribution in [2.45, 2.75) is 37.9 Å². The van der Waals surface area contributed by atoms with Gasteiger partial charge in [0.2, 0.25) is 10.0 Å². The van der Waals surface area contributed by atoms with Crippen LogP contribution in [0.15, 0.2) is 23.1 Å². The Morgan fingerprint density at radius 2 is 1.85 bits per heavy atom. The minimum absolute atomic E-state index is 0.224. The number of aryl methyl sites for hydroxylation is 1. The van der Waals surface area contributed by atoms with E-state index in [-0.39, 0.29) is 10.6 Å². The van der Waals surface area contributed by atoms with Crippen molar-refractivity contribution in [3.05, 3.63) is 23.8 Å². The summed E-state index contributed by atoms with van der Waals surface area (Å²) in [7, 11) is -4.24. The third-order valence-electron chi connectivity index (χ3n) is 2.77. The second-order valence-electron chi connectivity index (χ2n) is 4.78. The van der Waals surface area contributed by atoms with Crippen LogP contribution >= 0.6 is 0 Å². The SMILES string of the molecule is Cc1ccc(S(=O)(=O)N(CC(F)(F)F)C(C)C)cc1N. The summed E-state index contributed by atoms with van der Waals surface area (Å²) in [6.45, 7) is 2.93. The molecule has 1 aromatic carbocycles. The molecular weight excluding hydrogens is 293 g/mol. The van der Waals surface area contributed by atoms with E-state index in [9.17, 15) is 21.6 Å². The van der Waals surface area contributed by atoms with Crippen LogP contribution in [0.3, 0.4) is 0 Å². The fourth-order valence-corrected chi connectivity index (χ4v) is 3.29. The van der Waals surface area contributed by atoms with E-state index in [1.807, 2.05) is 0 Å².